The quantitative estimate of drug-likeness (QED) is 0.864. The molecule has 0 saturated heterocycles. The van der Waals surface area contributed by atoms with Gasteiger partial charge in [0, 0.05) is 21.2 Å². The van der Waals surface area contributed by atoms with Crippen molar-refractivity contribution >= 4 is 0 Å². The predicted octanol–water partition coefficient (Wildman–Crippen LogP) is 3.67. The Morgan fingerprint density at radius 2 is 1.47 bits per heavy atom. The Bertz CT molecular complexity index is 648. The van der Waals surface area contributed by atoms with Gasteiger partial charge in [0.2, 0.25) is 0 Å². The number of hydrogen-bond donors (Lipinski definition) is 1. The largest absolute Gasteiger partial charge is 0.396 e. The first-order chi connectivity index (χ1) is 10.1. The van der Waals surface area contributed by atoms with Gasteiger partial charge in [-0.15, -0.1) is 0 Å². The molecule has 0 radical (unpaired) electrons. The molecule has 0 heterocycles. The lowest BCUT2D eigenvalue weighted by atomic mass is 9.58. The summed E-state index contributed by atoms with van der Waals surface area (Å²) in [5.41, 5.74) is 5.17. The summed E-state index contributed by atoms with van der Waals surface area (Å²) >= 11 is 0. The van der Waals surface area contributed by atoms with Crippen LogP contribution in [0.25, 0.3) is 0 Å². The highest BCUT2D eigenvalue weighted by atomic mass is 16.3. The van der Waals surface area contributed by atoms with Crippen LogP contribution in [0.1, 0.15) is 49.6 Å². The molecule has 96 valence electrons. The van der Waals surface area contributed by atoms with Gasteiger partial charge in [-0.2, -0.15) is 0 Å². The van der Waals surface area contributed by atoms with Gasteiger partial charge >= 0.3 is 0 Å². The number of aliphatic hydroxyl groups excluding tert-OH is 1. The molecule has 0 aliphatic heterocycles. The normalized spacial score (nSPS) is 29.2. The first-order valence-electron chi connectivity index (χ1n) is 7.92. The molecule has 5 rings (SSSR count). The van der Waals surface area contributed by atoms with Crippen molar-refractivity contribution in [2.75, 3.05) is 6.61 Å². The average molecular weight is 252 g/mol. The van der Waals surface area contributed by atoms with Gasteiger partial charge in [-0.25, -0.2) is 0 Å². The molecule has 0 spiro atoms. The SMILES string of the molecule is [2H]C([2H])(CO)[C@@H]1CC2c3ccccc3C1c1ccccc12. The van der Waals surface area contributed by atoms with Crippen LogP contribution in [-0.4, -0.2) is 11.7 Å². The molecule has 2 bridgehead atoms. The van der Waals surface area contributed by atoms with E-state index in [1.165, 1.54) is 22.3 Å². The van der Waals surface area contributed by atoms with Crippen molar-refractivity contribution in [2.24, 2.45) is 5.92 Å². The maximum Gasteiger partial charge on any atom is 0.0434 e. The number of benzene rings is 2. The summed E-state index contributed by atoms with van der Waals surface area (Å²) in [5.74, 6) is 0.163. The van der Waals surface area contributed by atoms with Gasteiger partial charge in [0.05, 0.1) is 0 Å². The van der Waals surface area contributed by atoms with Crippen molar-refractivity contribution in [1.82, 2.24) is 0 Å². The zero-order chi connectivity index (χ0) is 14.6. The zero-order valence-corrected chi connectivity index (χ0v) is 10.7. The zero-order valence-electron chi connectivity index (χ0n) is 12.7. The molecule has 0 saturated carbocycles. The minimum atomic E-state index is -1.54. The van der Waals surface area contributed by atoms with E-state index in [4.69, 9.17) is 2.74 Å². The molecule has 0 fully saturated rings. The van der Waals surface area contributed by atoms with Crippen molar-refractivity contribution in [2.45, 2.75) is 24.6 Å². The molecule has 1 heteroatoms. The molecule has 0 unspecified atom stereocenters. The standard InChI is InChI=1S/C18H18O/c19-10-9-12-11-17-13-5-1-3-7-15(13)18(12)16-8-4-2-6-14(16)17/h1-8,12,17-19H,9-11H2/t12-,17?,18?/m1/s1/i9D2. The van der Waals surface area contributed by atoms with E-state index < -0.39 is 13.0 Å². The second kappa shape index (κ2) is 4.21. The van der Waals surface area contributed by atoms with Crippen molar-refractivity contribution in [3.63, 3.8) is 0 Å². The van der Waals surface area contributed by atoms with Crippen molar-refractivity contribution in [3.8, 4) is 0 Å². The van der Waals surface area contributed by atoms with Gasteiger partial charge in [-0.05, 0) is 41.0 Å². The minimum absolute atomic E-state index is 0.0598. The van der Waals surface area contributed by atoms with Gasteiger partial charge in [0.25, 0.3) is 0 Å². The lowest BCUT2D eigenvalue weighted by Gasteiger charge is -2.45. The van der Waals surface area contributed by atoms with Crippen LogP contribution in [-0.2, 0) is 0 Å². The fourth-order valence-electron chi connectivity index (χ4n) is 3.95. The molecular formula is C18H18O. The summed E-state index contributed by atoms with van der Waals surface area (Å²) in [6.07, 6.45) is -0.754. The van der Waals surface area contributed by atoms with E-state index in [2.05, 4.69) is 36.4 Å². The number of fused-ring (bicyclic) bond motifs is 1. The summed E-state index contributed by atoms with van der Waals surface area (Å²) in [5, 5.41) is 9.50. The number of aliphatic hydroxyl groups is 1. The van der Waals surface area contributed by atoms with E-state index >= 15 is 0 Å². The second-order valence-electron chi connectivity index (χ2n) is 5.49. The van der Waals surface area contributed by atoms with Crippen molar-refractivity contribution in [1.29, 1.82) is 0 Å². The van der Waals surface area contributed by atoms with E-state index in [9.17, 15) is 5.11 Å². The van der Waals surface area contributed by atoms with Crippen LogP contribution < -0.4 is 0 Å². The van der Waals surface area contributed by atoms with Crippen LogP contribution in [0.5, 0.6) is 0 Å². The molecule has 1 nitrogen and oxygen atoms in total. The van der Waals surface area contributed by atoms with Crippen molar-refractivity contribution < 1.29 is 7.85 Å². The monoisotopic (exact) mass is 252 g/mol. The molecule has 2 aromatic rings. The highest BCUT2D eigenvalue weighted by Crippen LogP contribution is 2.55. The summed E-state index contributed by atoms with van der Waals surface area (Å²) in [6.45, 7) is -0.411. The number of rotatable bonds is 2. The second-order valence-corrected chi connectivity index (χ2v) is 5.49. The lowest BCUT2D eigenvalue weighted by Crippen LogP contribution is -2.32. The summed E-state index contributed by atoms with van der Waals surface area (Å²) < 4.78 is 16.4. The Morgan fingerprint density at radius 3 is 2.00 bits per heavy atom. The predicted molar refractivity (Wildman–Crippen MR) is 76.4 cm³/mol. The molecule has 3 aliphatic carbocycles. The van der Waals surface area contributed by atoms with Crippen LogP contribution in [0.15, 0.2) is 48.5 Å². The molecule has 1 N–H and O–H groups in total. The molecular weight excluding hydrogens is 232 g/mol. The highest BCUT2D eigenvalue weighted by molar-refractivity contribution is 5.55. The number of hydrogen-bond acceptors (Lipinski definition) is 1. The first-order valence-corrected chi connectivity index (χ1v) is 6.92. The third kappa shape index (κ3) is 1.51. The van der Waals surface area contributed by atoms with Gasteiger partial charge in [0.15, 0.2) is 0 Å². The van der Waals surface area contributed by atoms with Crippen LogP contribution in [0.3, 0.4) is 0 Å². The fourth-order valence-corrected chi connectivity index (χ4v) is 3.95. The summed E-state index contributed by atoms with van der Waals surface area (Å²) in [4.78, 5) is 0. The topological polar surface area (TPSA) is 20.2 Å². The van der Waals surface area contributed by atoms with Crippen molar-refractivity contribution in [3.05, 3.63) is 70.8 Å². The fraction of sp³-hybridized carbons (Fsp3) is 0.333. The molecule has 1 atom stereocenters. The summed E-state index contributed by atoms with van der Waals surface area (Å²) in [7, 11) is 0. The third-order valence-electron chi connectivity index (χ3n) is 4.66. The Balaban J connectivity index is 1.95. The molecule has 0 amide bonds. The smallest absolute Gasteiger partial charge is 0.0434 e. The molecule has 2 aromatic carbocycles. The van der Waals surface area contributed by atoms with Crippen LogP contribution in [0, 0.1) is 5.92 Å². The van der Waals surface area contributed by atoms with Crippen LogP contribution in [0.2, 0.25) is 0 Å². The maximum absolute atomic E-state index is 9.50. The highest BCUT2D eigenvalue weighted by Gasteiger charge is 2.42. The van der Waals surface area contributed by atoms with Crippen LogP contribution >= 0.6 is 0 Å². The van der Waals surface area contributed by atoms with Crippen LogP contribution in [0.4, 0.5) is 0 Å². The van der Waals surface area contributed by atoms with E-state index in [-0.39, 0.29) is 17.8 Å². The van der Waals surface area contributed by atoms with E-state index in [0.29, 0.717) is 0 Å². The maximum atomic E-state index is 9.50. The minimum Gasteiger partial charge on any atom is -0.396 e. The Labute approximate surface area is 116 Å². The van der Waals surface area contributed by atoms with Gasteiger partial charge in [-0.1, -0.05) is 48.5 Å². The van der Waals surface area contributed by atoms with Gasteiger partial charge < -0.3 is 5.11 Å². The molecule has 19 heavy (non-hydrogen) atoms. The summed E-state index contributed by atoms with van der Waals surface area (Å²) in [6, 6.07) is 16.8. The van der Waals surface area contributed by atoms with Gasteiger partial charge in [0.1, 0.15) is 0 Å². The van der Waals surface area contributed by atoms with E-state index in [1.54, 1.807) is 0 Å². The Morgan fingerprint density at radius 1 is 0.947 bits per heavy atom. The molecule has 3 aliphatic rings. The van der Waals surface area contributed by atoms with E-state index in [1.807, 2.05) is 12.1 Å². The lowest BCUT2D eigenvalue weighted by molar-refractivity contribution is 0.227. The Kier molecular flexibility index (Phi) is 2.07. The van der Waals surface area contributed by atoms with E-state index in [0.717, 1.165) is 6.42 Å². The molecule has 0 aromatic heterocycles. The average Bonchev–Trinajstić information content (AvgIpc) is 2.55. The third-order valence-corrected chi connectivity index (χ3v) is 4.66. The first kappa shape index (κ1) is 9.33. The van der Waals surface area contributed by atoms with Gasteiger partial charge in [-0.3, -0.25) is 0 Å². The Hall–Kier alpha value is -1.60.